The van der Waals surface area contributed by atoms with Crippen molar-refractivity contribution >= 4 is 39.3 Å². The summed E-state index contributed by atoms with van der Waals surface area (Å²) in [4.78, 5) is 15.4. The van der Waals surface area contributed by atoms with Gasteiger partial charge in [-0.2, -0.15) is 4.98 Å². The van der Waals surface area contributed by atoms with Crippen LogP contribution in [0.5, 0.6) is 5.75 Å². The van der Waals surface area contributed by atoms with Gasteiger partial charge in [0.15, 0.2) is 0 Å². The maximum atomic E-state index is 5.88. The summed E-state index contributed by atoms with van der Waals surface area (Å²) in [6.45, 7) is 2.05. The second-order valence-electron chi connectivity index (χ2n) is 7.71. The van der Waals surface area contributed by atoms with Crippen molar-refractivity contribution in [2.45, 2.75) is 19.8 Å². The van der Waals surface area contributed by atoms with Gasteiger partial charge in [0, 0.05) is 57.2 Å². The molecule has 7 heteroatoms. The van der Waals surface area contributed by atoms with Crippen LogP contribution in [0.2, 0.25) is 0 Å². The Bertz CT molecular complexity index is 1380. The predicted molar refractivity (Wildman–Crippen MR) is 125 cm³/mol. The van der Waals surface area contributed by atoms with Gasteiger partial charge in [0.05, 0.1) is 7.11 Å². The highest BCUT2D eigenvalue weighted by Gasteiger charge is 2.11. The number of aryl methyl sites for hydroxylation is 3. The lowest BCUT2D eigenvalue weighted by molar-refractivity contribution is 0.415. The first-order valence-corrected chi connectivity index (χ1v) is 10.2. The third kappa shape index (κ3) is 3.77. The molecule has 0 saturated carbocycles. The number of aromatic amines is 2. The van der Waals surface area contributed by atoms with E-state index in [1.54, 1.807) is 7.11 Å². The van der Waals surface area contributed by atoms with Crippen LogP contribution in [0.15, 0.2) is 54.9 Å². The van der Waals surface area contributed by atoms with Crippen molar-refractivity contribution in [2.75, 3.05) is 18.2 Å². The lowest BCUT2D eigenvalue weighted by Crippen LogP contribution is -2.05. The zero-order chi connectivity index (χ0) is 21.4. The number of rotatable bonds is 6. The van der Waals surface area contributed by atoms with Crippen molar-refractivity contribution in [2.24, 2.45) is 0 Å². The summed E-state index contributed by atoms with van der Waals surface area (Å²) in [5.41, 5.74) is 12.4. The van der Waals surface area contributed by atoms with E-state index in [1.807, 2.05) is 24.4 Å². The molecule has 0 aliphatic rings. The smallest absolute Gasteiger partial charge is 0.221 e. The minimum Gasteiger partial charge on any atom is -0.497 e. The fourth-order valence-corrected chi connectivity index (χ4v) is 3.97. The average molecular weight is 412 g/mol. The normalized spacial score (nSPS) is 11.3. The quantitative estimate of drug-likeness (QED) is 0.319. The molecule has 5 rings (SSSR count). The summed E-state index contributed by atoms with van der Waals surface area (Å²) in [5, 5.41) is 5.78. The molecule has 0 aliphatic heterocycles. The molecule has 3 heterocycles. The maximum Gasteiger partial charge on any atom is 0.221 e. The first-order chi connectivity index (χ1) is 15.1. The van der Waals surface area contributed by atoms with Crippen molar-refractivity contribution in [3.05, 3.63) is 71.7 Å². The molecule has 3 aromatic heterocycles. The lowest BCUT2D eigenvalue weighted by Gasteiger charge is -2.11. The number of ether oxygens (including phenoxy) is 1. The van der Waals surface area contributed by atoms with Gasteiger partial charge in [-0.05, 0) is 61.7 Å². The predicted octanol–water partition coefficient (Wildman–Crippen LogP) is 4.87. The molecule has 5 N–H and O–H groups in total. The summed E-state index contributed by atoms with van der Waals surface area (Å²) >= 11 is 0. The molecule has 156 valence electrons. The van der Waals surface area contributed by atoms with Gasteiger partial charge in [-0.3, -0.25) is 0 Å². The van der Waals surface area contributed by atoms with E-state index in [1.165, 1.54) is 10.9 Å². The number of nitrogens with two attached hydrogens (primary N) is 1. The van der Waals surface area contributed by atoms with Crippen LogP contribution in [0, 0.1) is 6.92 Å². The number of fused-ring (bicyclic) bond motifs is 2. The number of nitrogens with zero attached hydrogens (tertiary/aromatic N) is 2. The third-order valence-corrected chi connectivity index (χ3v) is 5.54. The van der Waals surface area contributed by atoms with E-state index in [4.69, 9.17) is 10.5 Å². The summed E-state index contributed by atoms with van der Waals surface area (Å²) < 4.78 is 5.31. The van der Waals surface area contributed by atoms with Gasteiger partial charge in [-0.15, -0.1) is 0 Å². The number of methoxy groups -OCH3 is 1. The zero-order valence-corrected chi connectivity index (χ0v) is 17.5. The van der Waals surface area contributed by atoms with Crippen molar-refractivity contribution in [3.8, 4) is 5.75 Å². The number of H-pyrrole nitrogens is 2. The van der Waals surface area contributed by atoms with E-state index < -0.39 is 0 Å². The Balaban J connectivity index is 1.39. The monoisotopic (exact) mass is 412 g/mol. The fourth-order valence-electron chi connectivity index (χ4n) is 3.97. The van der Waals surface area contributed by atoms with Gasteiger partial charge in [0.25, 0.3) is 0 Å². The molecule has 0 bridgehead atoms. The largest absolute Gasteiger partial charge is 0.497 e. The Morgan fingerprint density at radius 1 is 1.03 bits per heavy atom. The molecular weight excluding hydrogens is 388 g/mol. The number of hydrogen-bond donors (Lipinski definition) is 4. The molecule has 0 aliphatic carbocycles. The SMILES string of the molecule is COc1ccc2c(CCc3cnc(N)nc3Nc3ccc4[nH]c(C)cc4c3)c[nH]c2c1. The molecule has 0 atom stereocenters. The van der Waals surface area contributed by atoms with E-state index in [0.717, 1.165) is 57.8 Å². The van der Waals surface area contributed by atoms with Crippen molar-refractivity contribution in [3.63, 3.8) is 0 Å². The number of anilines is 3. The van der Waals surface area contributed by atoms with Crippen LogP contribution < -0.4 is 15.8 Å². The Morgan fingerprint density at radius 2 is 1.90 bits per heavy atom. The van der Waals surface area contributed by atoms with Crippen LogP contribution in [0.25, 0.3) is 21.8 Å². The molecular formula is C24H24N6O. The number of nitrogen functional groups attached to an aromatic ring is 1. The molecule has 0 spiro atoms. The van der Waals surface area contributed by atoms with E-state index in [-0.39, 0.29) is 5.95 Å². The third-order valence-electron chi connectivity index (χ3n) is 5.54. The van der Waals surface area contributed by atoms with Crippen LogP contribution in [-0.2, 0) is 12.8 Å². The minimum absolute atomic E-state index is 0.254. The van der Waals surface area contributed by atoms with Crippen molar-refractivity contribution in [1.82, 2.24) is 19.9 Å². The Hall–Kier alpha value is -4.00. The lowest BCUT2D eigenvalue weighted by atomic mass is 10.0. The molecule has 0 amide bonds. The average Bonchev–Trinajstić information content (AvgIpc) is 3.34. The van der Waals surface area contributed by atoms with Crippen LogP contribution >= 0.6 is 0 Å². The summed E-state index contributed by atoms with van der Waals surface area (Å²) in [6.07, 6.45) is 5.50. The first-order valence-electron chi connectivity index (χ1n) is 10.2. The molecule has 31 heavy (non-hydrogen) atoms. The number of nitrogens with one attached hydrogen (secondary N) is 3. The van der Waals surface area contributed by atoms with E-state index in [2.05, 4.69) is 62.6 Å². The Labute approximate surface area is 179 Å². The van der Waals surface area contributed by atoms with Gasteiger partial charge in [0.1, 0.15) is 11.6 Å². The van der Waals surface area contributed by atoms with Crippen molar-refractivity contribution in [1.29, 1.82) is 0 Å². The summed E-state index contributed by atoms with van der Waals surface area (Å²) in [7, 11) is 1.68. The topological polar surface area (TPSA) is 105 Å². The van der Waals surface area contributed by atoms with Gasteiger partial charge < -0.3 is 25.8 Å². The molecule has 0 saturated heterocycles. The number of aromatic nitrogens is 4. The highest BCUT2D eigenvalue weighted by atomic mass is 16.5. The molecule has 0 unspecified atom stereocenters. The van der Waals surface area contributed by atoms with Crippen LogP contribution in [0.3, 0.4) is 0 Å². The summed E-state index contributed by atoms with van der Waals surface area (Å²) in [6, 6.07) is 14.4. The molecule has 0 radical (unpaired) electrons. The number of benzene rings is 2. The fraction of sp³-hybridized carbons (Fsp3) is 0.167. The van der Waals surface area contributed by atoms with Gasteiger partial charge in [-0.25, -0.2) is 4.98 Å². The summed E-state index contributed by atoms with van der Waals surface area (Å²) in [5.74, 6) is 1.83. The standard InChI is InChI=1S/C24H24N6O/c1-14-9-17-10-18(5-8-21(17)28-14)29-23-16(13-27-24(25)30-23)4-3-15-12-26-22-11-19(31-2)6-7-20(15)22/h5-13,26,28H,3-4H2,1-2H3,(H3,25,27,29,30). The maximum absolute atomic E-state index is 5.88. The Morgan fingerprint density at radius 3 is 2.77 bits per heavy atom. The van der Waals surface area contributed by atoms with Gasteiger partial charge in [0.2, 0.25) is 5.95 Å². The molecule has 5 aromatic rings. The van der Waals surface area contributed by atoms with Gasteiger partial charge >= 0.3 is 0 Å². The number of hydrogen-bond acceptors (Lipinski definition) is 5. The zero-order valence-electron chi connectivity index (χ0n) is 17.5. The van der Waals surface area contributed by atoms with E-state index in [0.29, 0.717) is 0 Å². The second kappa shape index (κ2) is 7.68. The molecule has 7 nitrogen and oxygen atoms in total. The Kier molecular flexibility index (Phi) is 4.71. The minimum atomic E-state index is 0.254. The van der Waals surface area contributed by atoms with Crippen molar-refractivity contribution < 1.29 is 4.74 Å². The second-order valence-corrected chi connectivity index (χ2v) is 7.71. The van der Waals surface area contributed by atoms with Crippen LogP contribution in [0.1, 0.15) is 16.8 Å². The van der Waals surface area contributed by atoms with E-state index in [9.17, 15) is 0 Å². The highest BCUT2D eigenvalue weighted by molar-refractivity contribution is 5.85. The molecule has 0 fully saturated rings. The van der Waals surface area contributed by atoms with E-state index >= 15 is 0 Å². The van der Waals surface area contributed by atoms with Crippen LogP contribution in [-0.4, -0.2) is 27.0 Å². The van der Waals surface area contributed by atoms with Crippen LogP contribution in [0.4, 0.5) is 17.5 Å². The highest BCUT2D eigenvalue weighted by Crippen LogP contribution is 2.27. The molecule has 2 aromatic carbocycles. The first kappa shape index (κ1) is 19.0. The van der Waals surface area contributed by atoms with Gasteiger partial charge in [-0.1, -0.05) is 0 Å².